The number of hydrogen-bond acceptors (Lipinski definition) is 1. The first kappa shape index (κ1) is 9.94. The van der Waals surface area contributed by atoms with Crippen molar-refractivity contribution in [1.82, 2.24) is 0 Å². The van der Waals surface area contributed by atoms with Gasteiger partial charge in [0.05, 0.1) is 12.7 Å². The molecule has 1 nitrogen and oxygen atoms in total. The van der Waals surface area contributed by atoms with Crippen molar-refractivity contribution in [2.75, 3.05) is 6.61 Å². The van der Waals surface area contributed by atoms with Crippen LogP contribution in [0.4, 0.5) is 0 Å². The summed E-state index contributed by atoms with van der Waals surface area (Å²) >= 11 is 3.47. The normalized spacial score (nSPS) is 22.4. The number of halogens is 1. The Kier molecular flexibility index (Phi) is 3.04. The van der Waals surface area contributed by atoms with Crippen molar-refractivity contribution in [3.8, 4) is 0 Å². The molecule has 0 bridgehead atoms. The van der Waals surface area contributed by atoms with Gasteiger partial charge in [-0.1, -0.05) is 40.2 Å². The lowest BCUT2D eigenvalue weighted by atomic mass is 9.98. The van der Waals surface area contributed by atoms with Crippen LogP contribution >= 0.6 is 15.9 Å². The largest absolute Gasteiger partial charge is 0.373 e. The van der Waals surface area contributed by atoms with Gasteiger partial charge in [0.15, 0.2) is 0 Å². The van der Waals surface area contributed by atoms with Crippen LogP contribution in [-0.2, 0) is 4.74 Å². The van der Waals surface area contributed by atoms with E-state index in [2.05, 4.69) is 34.6 Å². The van der Waals surface area contributed by atoms with E-state index in [0.29, 0.717) is 0 Å². The second-order valence-corrected chi connectivity index (χ2v) is 4.53. The van der Waals surface area contributed by atoms with Crippen LogP contribution < -0.4 is 0 Å². The summed E-state index contributed by atoms with van der Waals surface area (Å²) in [6, 6.07) is 8.29. The lowest BCUT2D eigenvalue weighted by Crippen LogP contribution is -2.13. The zero-order valence-electron chi connectivity index (χ0n) is 8.00. The third-order valence-corrected chi connectivity index (χ3v) is 2.96. The van der Waals surface area contributed by atoms with Gasteiger partial charge in [-0.05, 0) is 30.5 Å². The minimum absolute atomic E-state index is 0.203. The highest BCUT2D eigenvalue weighted by molar-refractivity contribution is 9.10. The van der Waals surface area contributed by atoms with Crippen molar-refractivity contribution in [3.05, 3.63) is 46.5 Å². The van der Waals surface area contributed by atoms with Gasteiger partial charge in [-0.3, -0.25) is 0 Å². The summed E-state index contributed by atoms with van der Waals surface area (Å²) in [5, 5.41) is 0. The molecular weight excluding hydrogens is 240 g/mol. The average molecular weight is 253 g/mol. The monoisotopic (exact) mass is 252 g/mol. The van der Waals surface area contributed by atoms with Crippen LogP contribution in [0.1, 0.15) is 24.5 Å². The minimum Gasteiger partial charge on any atom is -0.373 e. The number of hydrogen-bond donors (Lipinski definition) is 0. The molecule has 0 radical (unpaired) electrons. The first-order valence-electron chi connectivity index (χ1n) is 4.79. The molecule has 1 saturated heterocycles. The summed E-state index contributed by atoms with van der Waals surface area (Å²) in [4.78, 5) is 0. The quantitative estimate of drug-likeness (QED) is 0.690. The van der Waals surface area contributed by atoms with Crippen LogP contribution in [0.3, 0.4) is 0 Å². The smallest absolute Gasteiger partial charge is 0.0862 e. The maximum atomic E-state index is 5.71. The molecule has 2 heteroatoms. The van der Waals surface area contributed by atoms with Crippen LogP contribution in [-0.4, -0.2) is 6.61 Å². The first-order valence-corrected chi connectivity index (χ1v) is 5.59. The summed E-state index contributed by atoms with van der Waals surface area (Å²) in [7, 11) is 0. The Labute approximate surface area is 92.9 Å². The molecule has 1 atom stereocenters. The Balaban J connectivity index is 2.17. The van der Waals surface area contributed by atoms with Gasteiger partial charge in [0.1, 0.15) is 0 Å². The summed E-state index contributed by atoms with van der Waals surface area (Å²) in [6.07, 6.45) is 2.16. The van der Waals surface area contributed by atoms with Crippen LogP contribution in [0.25, 0.3) is 0 Å². The number of rotatable bonds is 1. The lowest BCUT2D eigenvalue weighted by Gasteiger charge is -2.24. The molecule has 1 aromatic carbocycles. The van der Waals surface area contributed by atoms with E-state index in [0.717, 1.165) is 23.9 Å². The standard InChI is InChI=1S/C12H13BrO/c1-9-5-6-14-12(7-9)10-3-2-4-11(13)8-10/h2-4,8,12H,1,5-7H2. The molecule has 0 saturated carbocycles. The average Bonchev–Trinajstić information content (AvgIpc) is 2.18. The Hall–Kier alpha value is -0.600. The number of ether oxygens (including phenoxy) is 1. The maximum Gasteiger partial charge on any atom is 0.0862 e. The van der Waals surface area contributed by atoms with Gasteiger partial charge < -0.3 is 4.74 Å². The van der Waals surface area contributed by atoms with E-state index >= 15 is 0 Å². The van der Waals surface area contributed by atoms with Gasteiger partial charge in [-0.25, -0.2) is 0 Å². The summed E-state index contributed by atoms with van der Waals surface area (Å²) < 4.78 is 6.81. The van der Waals surface area contributed by atoms with Gasteiger partial charge in [0.2, 0.25) is 0 Å². The van der Waals surface area contributed by atoms with Gasteiger partial charge in [-0.15, -0.1) is 0 Å². The molecule has 1 fully saturated rings. The summed E-state index contributed by atoms with van der Waals surface area (Å²) in [5.74, 6) is 0. The van der Waals surface area contributed by atoms with Crippen LogP contribution in [0.2, 0.25) is 0 Å². The molecule has 0 spiro atoms. The van der Waals surface area contributed by atoms with E-state index in [4.69, 9.17) is 4.74 Å². The fourth-order valence-electron chi connectivity index (χ4n) is 1.69. The van der Waals surface area contributed by atoms with Crippen molar-refractivity contribution in [3.63, 3.8) is 0 Å². The van der Waals surface area contributed by atoms with Crippen molar-refractivity contribution in [2.24, 2.45) is 0 Å². The van der Waals surface area contributed by atoms with Gasteiger partial charge in [0, 0.05) is 4.47 Å². The van der Waals surface area contributed by atoms with Crippen molar-refractivity contribution in [1.29, 1.82) is 0 Å². The Morgan fingerprint density at radius 2 is 2.29 bits per heavy atom. The van der Waals surface area contributed by atoms with Crippen molar-refractivity contribution in [2.45, 2.75) is 18.9 Å². The van der Waals surface area contributed by atoms with E-state index in [1.165, 1.54) is 11.1 Å². The molecule has 0 amide bonds. The van der Waals surface area contributed by atoms with Crippen LogP contribution in [0.5, 0.6) is 0 Å². The van der Waals surface area contributed by atoms with E-state index < -0.39 is 0 Å². The molecule has 1 aliphatic heterocycles. The topological polar surface area (TPSA) is 9.23 Å². The van der Waals surface area contributed by atoms with Gasteiger partial charge in [-0.2, -0.15) is 0 Å². The highest BCUT2D eigenvalue weighted by atomic mass is 79.9. The summed E-state index contributed by atoms with van der Waals surface area (Å²) in [6.45, 7) is 4.82. The third-order valence-electron chi connectivity index (χ3n) is 2.47. The fraction of sp³-hybridized carbons (Fsp3) is 0.333. The predicted molar refractivity (Wildman–Crippen MR) is 61.2 cm³/mol. The van der Waals surface area contributed by atoms with E-state index in [1.54, 1.807) is 0 Å². The van der Waals surface area contributed by atoms with Gasteiger partial charge in [0.25, 0.3) is 0 Å². The Morgan fingerprint density at radius 1 is 1.43 bits per heavy atom. The molecule has 0 N–H and O–H groups in total. The van der Waals surface area contributed by atoms with E-state index in [-0.39, 0.29) is 6.10 Å². The zero-order valence-corrected chi connectivity index (χ0v) is 9.59. The highest BCUT2D eigenvalue weighted by Gasteiger charge is 2.17. The Morgan fingerprint density at radius 3 is 3.00 bits per heavy atom. The minimum atomic E-state index is 0.203. The molecule has 1 aliphatic rings. The molecule has 2 rings (SSSR count). The Bertz CT molecular complexity index is 346. The van der Waals surface area contributed by atoms with Crippen molar-refractivity contribution < 1.29 is 4.74 Å². The highest BCUT2D eigenvalue weighted by Crippen LogP contribution is 2.31. The molecule has 1 unspecified atom stereocenters. The third kappa shape index (κ3) is 2.25. The van der Waals surface area contributed by atoms with Crippen LogP contribution in [0, 0.1) is 0 Å². The van der Waals surface area contributed by atoms with Crippen molar-refractivity contribution >= 4 is 15.9 Å². The fourth-order valence-corrected chi connectivity index (χ4v) is 2.11. The second kappa shape index (κ2) is 4.28. The van der Waals surface area contributed by atoms with E-state index in [9.17, 15) is 0 Å². The maximum absolute atomic E-state index is 5.71. The molecule has 0 aromatic heterocycles. The SMILES string of the molecule is C=C1CCOC(c2cccc(Br)c2)C1. The van der Waals surface area contributed by atoms with Crippen LogP contribution in [0.15, 0.2) is 40.9 Å². The molecule has 1 aromatic rings. The summed E-state index contributed by atoms with van der Waals surface area (Å²) in [5.41, 5.74) is 2.53. The molecule has 0 aliphatic carbocycles. The second-order valence-electron chi connectivity index (χ2n) is 3.62. The zero-order chi connectivity index (χ0) is 9.97. The first-order chi connectivity index (χ1) is 6.75. The van der Waals surface area contributed by atoms with E-state index in [1.807, 2.05) is 12.1 Å². The lowest BCUT2D eigenvalue weighted by molar-refractivity contribution is 0.0352. The predicted octanol–water partition coefficient (Wildman–Crippen LogP) is 3.86. The molecule has 74 valence electrons. The molecule has 1 heterocycles. The molecular formula is C12H13BrO. The van der Waals surface area contributed by atoms with Gasteiger partial charge >= 0.3 is 0 Å². The molecule has 14 heavy (non-hydrogen) atoms. The number of benzene rings is 1.